The van der Waals surface area contributed by atoms with E-state index in [4.69, 9.17) is 0 Å². The highest BCUT2D eigenvalue weighted by atomic mass is 16.2. The van der Waals surface area contributed by atoms with Crippen molar-refractivity contribution in [2.24, 2.45) is 0 Å². The van der Waals surface area contributed by atoms with Gasteiger partial charge in [0.1, 0.15) is 0 Å². The molecule has 0 radical (unpaired) electrons. The molecule has 2 aromatic carbocycles. The van der Waals surface area contributed by atoms with Crippen LogP contribution in [0.25, 0.3) is 11.1 Å². The fraction of sp³-hybridized carbons (Fsp3) is 0.462. The molecule has 2 aliphatic heterocycles. The Morgan fingerprint density at radius 1 is 0.806 bits per heavy atom. The van der Waals surface area contributed by atoms with E-state index < -0.39 is 0 Å². The predicted octanol–water partition coefficient (Wildman–Crippen LogP) is 4.15. The van der Waals surface area contributed by atoms with Crippen LogP contribution in [-0.4, -0.2) is 72.8 Å². The van der Waals surface area contributed by atoms with Crippen molar-refractivity contribution in [3.05, 3.63) is 59.7 Å². The Kier molecular flexibility index (Phi) is 6.71. The predicted molar refractivity (Wildman–Crippen MR) is 124 cm³/mol. The highest BCUT2D eigenvalue weighted by Gasteiger charge is 2.31. The lowest BCUT2D eigenvalue weighted by Gasteiger charge is -2.33. The molecule has 5 heteroatoms. The minimum Gasteiger partial charge on any atom is -0.345 e. The number of carbonyl (C=O) groups is 2. The summed E-state index contributed by atoms with van der Waals surface area (Å²) in [5.74, 6) is 0.148. The van der Waals surface area contributed by atoms with Gasteiger partial charge in [0, 0.05) is 44.4 Å². The van der Waals surface area contributed by atoms with Gasteiger partial charge in [0.05, 0.1) is 0 Å². The molecule has 4 rings (SSSR count). The summed E-state index contributed by atoms with van der Waals surface area (Å²) in [5.41, 5.74) is 3.52. The Balaban J connectivity index is 1.42. The van der Waals surface area contributed by atoms with Crippen LogP contribution < -0.4 is 0 Å². The Hall–Kier alpha value is -2.66. The Bertz CT molecular complexity index is 899. The molecular weight excluding hydrogens is 386 g/mol. The molecule has 2 aliphatic rings. The maximum absolute atomic E-state index is 13.2. The van der Waals surface area contributed by atoms with Gasteiger partial charge in [-0.3, -0.25) is 9.59 Å². The van der Waals surface area contributed by atoms with Crippen LogP contribution in [0.15, 0.2) is 48.5 Å². The number of hydrogen-bond donors (Lipinski definition) is 0. The summed E-state index contributed by atoms with van der Waals surface area (Å²) in [6, 6.07) is 15.9. The summed E-state index contributed by atoms with van der Waals surface area (Å²) in [6.45, 7) is 4.22. The van der Waals surface area contributed by atoms with Gasteiger partial charge in [-0.1, -0.05) is 30.7 Å². The number of piperidine rings is 1. The molecule has 0 aliphatic carbocycles. The van der Waals surface area contributed by atoms with Crippen molar-refractivity contribution >= 4 is 11.8 Å². The lowest BCUT2D eigenvalue weighted by Crippen LogP contribution is -2.44. The van der Waals surface area contributed by atoms with E-state index in [0.29, 0.717) is 11.6 Å². The van der Waals surface area contributed by atoms with Gasteiger partial charge in [-0.15, -0.1) is 0 Å². The van der Waals surface area contributed by atoms with Crippen LogP contribution in [0.1, 0.15) is 52.8 Å². The number of likely N-dealkylation sites (tertiary alicyclic amines) is 2. The minimum atomic E-state index is -0.00258. The zero-order chi connectivity index (χ0) is 21.8. The second-order valence-corrected chi connectivity index (χ2v) is 9.01. The van der Waals surface area contributed by atoms with Gasteiger partial charge in [0.2, 0.25) is 0 Å². The zero-order valence-electron chi connectivity index (χ0n) is 18.7. The quantitative estimate of drug-likeness (QED) is 0.731. The van der Waals surface area contributed by atoms with Gasteiger partial charge in [0.25, 0.3) is 11.8 Å². The molecule has 1 atom stereocenters. The van der Waals surface area contributed by atoms with Crippen molar-refractivity contribution in [1.29, 1.82) is 0 Å². The SMILES string of the molecule is CN(C)C(=O)c1ccc(-c2ccc(C(=O)N3CCC[C@H]3CN3CCCCC3)cc2)cc1. The first kappa shape index (κ1) is 21.6. The first-order chi connectivity index (χ1) is 15.0. The fourth-order valence-electron chi connectivity index (χ4n) is 4.77. The van der Waals surface area contributed by atoms with Gasteiger partial charge < -0.3 is 14.7 Å². The lowest BCUT2D eigenvalue weighted by atomic mass is 10.0. The molecule has 2 fully saturated rings. The second-order valence-electron chi connectivity index (χ2n) is 9.01. The van der Waals surface area contributed by atoms with E-state index in [0.717, 1.165) is 42.6 Å². The largest absolute Gasteiger partial charge is 0.345 e. The van der Waals surface area contributed by atoms with Crippen LogP contribution in [0.3, 0.4) is 0 Å². The molecule has 31 heavy (non-hydrogen) atoms. The van der Waals surface area contributed by atoms with Crippen LogP contribution >= 0.6 is 0 Å². The zero-order valence-corrected chi connectivity index (χ0v) is 18.7. The van der Waals surface area contributed by atoms with Gasteiger partial charge in [-0.2, -0.15) is 0 Å². The molecule has 0 saturated carbocycles. The van der Waals surface area contributed by atoms with Crippen molar-refractivity contribution in [3.63, 3.8) is 0 Å². The Morgan fingerprint density at radius 2 is 1.39 bits per heavy atom. The summed E-state index contributed by atoms with van der Waals surface area (Å²) in [4.78, 5) is 31.5. The lowest BCUT2D eigenvalue weighted by molar-refractivity contribution is 0.0690. The summed E-state index contributed by atoms with van der Waals surface area (Å²) in [5, 5.41) is 0. The first-order valence-electron chi connectivity index (χ1n) is 11.5. The molecule has 0 unspecified atom stereocenters. The fourth-order valence-corrected chi connectivity index (χ4v) is 4.77. The number of benzene rings is 2. The number of amides is 2. The molecule has 0 N–H and O–H groups in total. The Morgan fingerprint density at radius 3 is 1.97 bits per heavy atom. The standard InChI is InChI=1S/C26H33N3O2/c1-27(2)25(30)22-12-8-20(9-13-22)21-10-14-23(15-11-21)26(31)29-18-6-7-24(29)19-28-16-4-3-5-17-28/h8-15,24H,3-7,16-19H2,1-2H3/t24-/m0/s1. The maximum atomic E-state index is 13.2. The second kappa shape index (κ2) is 9.65. The van der Waals surface area contributed by atoms with Gasteiger partial charge in [0.15, 0.2) is 0 Å². The molecule has 2 saturated heterocycles. The molecule has 5 nitrogen and oxygen atoms in total. The first-order valence-corrected chi connectivity index (χ1v) is 11.5. The van der Waals surface area contributed by atoms with Crippen molar-refractivity contribution < 1.29 is 9.59 Å². The van der Waals surface area contributed by atoms with Crippen LogP contribution in [0, 0.1) is 0 Å². The van der Waals surface area contributed by atoms with Crippen LogP contribution in [0.2, 0.25) is 0 Å². The average molecular weight is 420 g/mol. The van der Waals surface area contributed by atoms with E-state index in [1.165, 1.54) is 32.4 Å². The summed E-state index contributed by atoms with van der Waals surface area (Å²) in [7, 11) is 3.51. The number of carbonyl (C=O) groups excluding carboxylic acids is 2. The number of hydrogen-bond acceptors (Lipinski definition) is 3. The topological polar surface area (TPSA) is 43.9 Å². The maximum Gasteiger partial charge on any atom is 0.254 e. The third kappa shape index (κ3) is 4.99. The van der Waals surface area contributed by atoms with E-state index >= 15 is 0 Å². The van der Waals surface area contributed by atoms with Crippen LogP contribution in [0.5, 0.6) is 0 Å². The number of nitrogens with zero attached hydrogens (tertiary/aromatic N) is 3. The molecule has 2 aromatic rings. The van der Waals surface area contributed by atoms with E-state index in [1.807, 2.05) is 48.5 Å². The summed E-state index contributed by atoms with van der Waals surface area (Å²) in [6.07, 6.45) is 6.11. The molecule has 2 amide bonds. The van der Waals surface area contributed by atoms with Gasteiger partial charge >= 0.3 is 0 Å². The summed E-state index contributed by atoms with van der Waals surface area (Å²) >= 11 is 0. The molecule has 0 aromatic heterocycles. The smallest absolute Gasteiger partial charge is 0.254 e. The molecule has 164 valence electrons. The third-order valence-electron chi connectivity index (χ3n) is 6.56. The van der Waals surface area contributed by atoms with E-state index in [1.54, 1.807) is 19.0 Å². The van der Waals surface area contributed by atoms with E-state index in [9.17, 15) is 9.59 Å². The van der Waals surface area contributed by atoms with Crippen molar-refractivity contribution in [2.75, 3.05) is 40.3 Å². The normalized spacial score (nSPS) is 19.4. The minimum absolute atomic E-state index is 0.00258. The molecule has 0 bridgehead atoms. The number of rotatable bonds is 5. The average Bonchev–Trinajstić information content (AvgIpc) is 3.27. The van der Waals surface area contributed by atoms with Crippen molar-refractivity contribution in [3.8, 4) is 11.1 Å². The molecule has 0 spiro atoms. The highest BCUT2D eigenvalue weighted by Crippen LogP contribution is 2.25. The van der Waals surface area contributed by atoms with Crippen molar-refractivity contribution in [1.82, 2.24) is 14.7 Å². The molecule has 2 heterocycles. The van der Waals surface area contributed by atoms with E-state index in [2.05, 4.69) is 9.80 Å². The Labute approximate surface area is 185 Å². The highest BCUT2D eigenvalue weighted by molar-refractivity contribution is 5.96. The third-order valence-corrected chi connectivity index (χ3v) is 6.56. The molecular formula is C26H33N3O2. The van der Waals surface area contributed by atoms with E-state index in [-0.39, 0.29) is 11.8 Å². The van der Waals surface area contributed by atoms with Crippen LogP contribution in [0.4, 0.5) is 0 Å². The van der Waals surface area contributed by atoms with Crippen LogP contribution in [-0.2, 0) is 0 Å². The van der Waals surface area contributed by atoms with Crippen molar-refractivity contribution in [2.45, 2.75) is 38.1 Å². The summed E-state index contributed by atoms with van der Waals surface area (Å²) < 4.78 is 0. The monoisotopic (exact) mass is 419 g/mol. The van der Waals surface area contributed by atoms with Gasteiger partial charge in [-0.05, 0) is 74.2 Å². The van der Waals surface area contributed by atoms with Gasteiger partial charge in [-0.25, -0.2) is 0 Å².